The van der Waals surface area contributed by atoms with Gasteiger partial charge in [0.15, 0.2) is 6.29 Å². The predicted octanol–water partition coefficient (Wildman–Crippen LogP) is 0.771. The molecule has 0 aromatic carbocycles. The molecule has 2 N–H and O–H groups in total. The molecule has 0 aromatic rings. The molecule has 1 rings (SSSR count). The van der Waals surface area contributed by atoms with E-state index in [9.17, 15) is 0 Å². The predicted molar refractivity (Wildman–Crippen MR) is 38.1 cm³/mol. The molecule has 3 heteroatoms. The summed E-state index contributed by atoms with van der Waals surface area (Å²) in [6.45, 7) is 2.40. The Kier molecular flexibility index (Phi) is 2.40. The van der Waals surface area contributed by atoms with Crippen LogP contribution in [0.15, 0.2) is 0 Å². The smallest absolute Gasteiger partial charge is 0.158 e. The molecule has 58 valence electrons. The van der Waals surface area contributed by atoms with E-state index in [0.717, 1.165) is 5.71 Å². The summed E-state index contributed by atoms with van der Waals surface area (Å²) in [5, 5.41) is 16.3. The molecule has 1 aliphatic carbocycles. The number of rotatable bonds is 3. The lowest BCUT2D eigenvalue weighted by molar-refractivity contribution is -0.132. The van der Waals surface area contributed by atoms with Crippen LogP contribution in [0.25, 0.3) is 0 Å². The lowest BCUT2D eigenvalue weighted by Crippen LogP contribution is -2.35. The zero-order valence-electron chi connectivity index (χ0n) is 6.13. The summed E-state index contributed by atoms with van der Waals surface area (Å²) in [5.41, 5.74) is 0.726. The highest BCUT2D eigenvalue weighted by molar-refractivity contribution is 5.87. The minimum Gasteiger partial charge on any atom is -0.368 e. The van der Waals surface area contributed by atoms with Crippen LogP contribution in [0, 0.1) is 11.3 Å². The van der Waals surface area contributed by atoms with E-state index in [1.165, 1.54) is 0 Å². The van der Waals surface area contributed by atoms with Gasteiger partial charge in [0, 0.05) is 18.2 Å². The van der Waals surface area contributed by atoms with Crippen molar-refractivity contribution in [3.05, 3.63) is 0 Å². The highest BCUT2D eigenvalue weighted by Crippen LogP contribution is 2.26. The first-order valence-corrected chi connectivity index (χ1v) is 3.60. The average molecular weight is 143 g/mol. The third kappa shape index (κ3) is 1.55. The third-order valence-electron chi connectivity index (χ3n) is 1.76. The van der Waals surface area contributed by atoms with Gasteiger partial charge in [-0.15, -0.1) is 0 Å². The van der Waals surface area contributed by atoms with Crippen LogP contribution < -0.4 is 0 Å². The molecule has 0 aromatic heterocycles. The van der Waals surface area contributed by atoms with Crippen molar-refractivity contribution in [2.45, 2.75) is 26.1 Å². The van der Waals surface area contributed by atoms with Crippen LogP contribution in [0.3, 0.4) is 0 Å². The Labute approximate surface area is 60.5 Å². The number of ether oxygens (including phenoxy) is 1. The van der Waals surface area contributed by atoms with Gasteiger partial charge in [-0.1, -0.05) is 0 Å². The van der Waals surface area contributed by atoms with Crippen molar-refractivity contribution in [2.75, 3.05) is 6.61 Å². The van der Waals surface area contributed by atoms with E-state index in [1.807, 2.05) is 6.92 Å². The first kappa shape index (κ1) is 7.69. The number of aliphatic hydroxyl groups excluding tert-OH is 1. The van der Waals surface area contributed by atoms with Crippen molar-refractivity contribution in [1.29, 1.82) is 5.41 Å². The van der Waals surface area contributed by atoms with Gasteiger partial charge in [0.05, 0.1) is 0 Å². The van der Waals surface area contributed by atoms with E-state index in [2.05, 4.69) is 0 Å². The minimum absolute atomic E-state index is 0.187. The first-order valence-electron chi connectivity index (χ1n) is 3.60. The molecule has 1 aliphatic rings. The molecule has 0 bridgehead atoms. The Morgan fingerprint density at radius 1 is 1.80 bits per heavy atom. The summed E-state index contributed by atoms with van der Waals surface area (Å²) in [7, 11) is 0. The van der Waals surface area contributed by atoms with Crippen molar-refractivity contribution < 1.29 is 9.84 Å². The van der Waals surface area contributed by atoms with Crippen LogP contribution >= 0.6 is 0 Å². The third-order valence-corrected chi connectivity index (χ3v) is 1.76. The van der Waals surface area contributed by atoms with Crippen LogP contribution in [0.4, 0.5) is 0 Å². The van der Waals surface area contributed by atoms with Gasteiger partial charge in [-0.05, 0) is 19.8 Å². The largest absolute Gasteiger partial charge is 0.368 e. The molecule has 1 saturated carbocycles. The number of nitrogens with one attached hydrogen (secondary N) is 1. The van der Waals surface area contributed by atoms with Crippen LogP contribution in [0.2, 0.25) is 0 Å². The SMILES string of the molecule is CCOC(O)C1CC(=N)C1. The van der Waals surface area contributed by atoms with Crippen LogP contribution in [0.5, 0.6) is 0 Å². The molecule has 0 radical (unpaired) electrons. The highest BCUT2D eigenvalue weighted by Gasteiger charge is 2.30. The number of hydrogen-bond donors (Lipinski definition) is 2. The molecule has 0 aliphatic heterocycles. The van der Waals surface area contributed by atoms with Gasteiger partial charge in [-0.2, -0.15) is 0 Å². The summed E-state index contributed by atoms with van der Waals surface area (Å²) < 4.78 is 4.95. The zero-order chi connectivity index (χ0) is 7.56. The minimum atomic E-state index is -0.640. The van der Waals surface area contributed by atoms with Crippen LogP contribution in [-0.2, 0) is 4.74 Å². The van der Waals surface area contributed by atoms with E-state index in [0.29, 0.717) is 19.4 Å². The highest BCUT2D eigenvalue weighted by atomic mass is 16.6. The molecular formula is C7H13NO2. The first-order chi connectivity index (χ1) is 4.74. The van der Waals surface area contributed by atoms with Gasteiger partial charge in [0.25, 0.3) is 0 Å². The fraction of sp³-hybridized carbons (Fsp3) is 0.857. The van der Waals surface area contributed by atoms with Crippen molar-refractivity contribution >= 4 is 5.71 Å². The van der Waals surface area contributed by atoms with E-state index < -0.39 is 6.29 Å². The van der Waals surface area contributed by atoms with E-state index in [-0.39, 0.29) is 5.92 Å². The van der Waals surface area contributed by atoms with Crippen molar-refractivity contribution in [3.63, 3.8) is 0 Å². The van der Waals surface area contributed by atoms with Crippen LogP contribution in [0.1, 0.15) is 19.8 Å². The average Bonchev–Trinajstić information content (AvgIpc) is 1.82. The van der Waals surface area contributed by atoms with Crippen molar-refractivity contribution in [3.8, 4) is 0 Å². The molecule has 0 saturated heterocycles. The summed E-state index contributed by atoms with van der Waals surface area (Å²) >= 11 is 0. The molecule has 3 nitrogen and oxygen atoms in total. The Morgan fingerprint density at radius 2 is 2.40 bits per heavy atom. The Balaban J connectivity index is 2.17. The molecule has 0 amide bonds. The summed E-state index contributed by atoms with van der Waals surface area (Å²) in [4.78, 5) is 0. The normalized spacial score (nSPS) is 27.8. The second kappa shape index (κ2) is 3.12. The van der Waals surface area contributed by atoms with Gasteiger partial charge < -0.3 is 15.3 Å². The Morgan fingerprint density at radius 3 is 2.80 bits per heavy atom. The van der Waals surface area contributed by atoms with Gasteiger partial charge in [0.2, 0.25) is 0 Å². The standard InChI is InChI=1S/C7H13NO2/c1-2-10-7(9)5-3-6(8)4-5/h5,7-9H,2-4H2,1H3. The summed E-state index contributed by atoms with van der Waals surface area (Å²) in [6, 6.07) is 0. The monoisotopic (exact) mass is 143 g/mol. The van der Waals surface area contributed by atoms with Gasteiger partial charge >= 0.3 is 0 Å². The van der Waals surface area contributed by atoms with E-state index >= 15 is 0 Å². The molecule has 1 atom stereocenters. The fourth-order valence-corrected chi connectivity index (χ4v) is 1.08. The van der Waals surface area contributed by atoms with Gasteiger partial charge in [-0.25, -0.2) is 0 Å². The number of hydrogen-bond acceptors (Lipinski definition) is 3. The molecule has 0 heterocycles. The van der Waals surface area contributed by atoms with Gasteiger partial charge in [-0.3, -0.25) is 0 Å². The Hall–Kier alpha value is -0.410. The zero-order valence-corrected chi connectivity index (χ0v) is 6.13. The van der Waals surface area contributed by atoms with E-state index in [4.69, 9.17) is 15.3 Å². The maximum atomic E-state index is 9.17. The van der Waals surface area contributed by atoms with E-state index in [1.54, 1.807) is 0 Å². The topological polar surface area (TPSA) is 53.3 Å². The fourth-order valence-electron chi connectivity index (χ4n) is 1.08. The van der Waals surface area contributed by atoms with Crippen LogP contribution in [-0.4, -0.2) is 23.7 Å². The van der Waals surface area contributed by atoms with Crippen molar-refractivity contribution in [1.82, 2.24) is 0 Å². The summed E-state index contributed by atoms with van der Waals surface area (Å²) in [5.74, 6) is 0.187. The maximum Gasteiger partial charge on any atom is 0.158 e. The second-order valence-corrected chi connectivity index (χ2v) is 2.62. The van der Waals surface area contributed by atoms with Crippen molar-refractivity contribution in [2.24, 2.45) is 5.92 Å². The summed E-state index contributed by atoms with van der Waals surface area (Å²) in [6.07, 6.45) is 0.779. The maximum absolute atomic E-state index is 9.17. The Bertz CT molecular complexity index is 128. The molecular weight excluding hydrogens is 130 g/mol. The molecule has 10 heavy (non-hydrogen) atoms. The molecule has 0 spiro atoms. The lowest BCUT2D eigenvalue weighted by Gasteiger charge is -2.30. The quantitative estimate of drug-likeness (QED) is 0.573. The second-order valence-electron chi connectivity index (χ2n) is 2.62. The number of aliphatic hydroxyl groups is 1. The van der Waals surface area contributed by atoms with Gasteiger partial charge in [0.1, 0.15) is 0 Å². The lowest BCUT2D eigenvalue weighted by atomic mass is 9.83. The molecule has 1 fully saturated rings. The molecule has 1 unspecified atom stereocenters.